The van der Waals surface area contributed by atoms with Gasteiger partial charge in [0, 0.05) is 12.3 Å². The number of rotatable bonds is 4. The lowest BCUT2D eigenvalue weighted by Gasteiger charge is -2.05. The molecule has 2 aromatic rings. The lowest BCUT2D eigenvalue weighted by atomic mass is 10.2. The van der Waals surface area contributed by atoms with E-state index in [0.717, 1.165) is 16.6 Å². The number of nitrogens with zero attached hydrogens (tertiary/aromatic N) is 1. The number of fused-ring (bicyclic) bond motifs is 1. The van der Waals surface area contributed by atoms with E-state index in [4.69, 9.17) is 12.2 Å². The smallest absolute Gasteiger partial charge is 0.178 e. The number of imidazole rings is 1. The minimum absolute atomic E-state index is 0.124. The highest BCUT2D eigenvalue weighted by atomic mass is 32.2. The zero-order valence-electron chi connectivity index (χ0n) is 10.4. The number of aromatic nitrogens is 2. The van der Waals surface area contributed by atoms with E-state index in [1.165, 1.54) is 0 Å². The average Bonchev–Trinajstić information content (AvgIpc) is 2.62. The number of aromatic amines is 1. The summed E-state index contributed by atoms with van der Waals surface area (Å²) < 4.78 is 25.5. The summed E-state index contributed by atoms with van der Waals surface area (Å²) >= 11 is 5.23. The van der Waals surface area contributed by atoms with Gasteiger partial charge in [-0.25, -0.2) is 8.42 Å². The Morgan fingerprint density at radius 1 is 1.39 bits per heavy atom. The van der Waals surface area contributed by atoms with Crippen LogP contribution in [0.2, 0.25) is 0 Å². The third-order valence-electron chi connectivity index (χ3n) is 3.00. The van der Waals surface area contributed by atoms with Crippen molar-refractivity contribution in [3.05, 3.63) is 28.5 Å². The van der Waals surface area contributed by atoms with Gasteiger partial charge in [0.2, 0.25) is 0 Å². The zero-order valence-corrected chi connectivity index (χ0v) is 12.1. The molecular weight excluding hydrogens is 268 g/mol. The Morgan fingerprint density at radius 2 is 2.11 bits per heavy atom. The monoisotopic (exact) mass is 284 g/mol. The van der Waals surface area contributed by atoms with E-state index >= 15 is 0 Å². The topological polar surface area (TPSA) is 54.9 Å². The van der Waals surface area contributed by atoms with Gasteiger partial charge >= 0.3 is 0 Å². The highest BCUT2D eigenvalue weighted by Crippen LogP contribution is 2.16. The third kappa shape index (κ3) is 2.64. The van der Waals surface area contributed by atoms with Gasteiger partial charge in [-0.1, -0.05) is 13.0 Å². The van der Waals surface area contributed by atoms with Crippen LogP contribution >= 0.6 is 12.2 Å². The largest absolute Gasteiger partial charge is 0.331 e. The van der Waals surface area contributed by atoms with Crippen LogP contribution in [0.15, 0.2) is 18.2 Å². The molecule has 1 aromatic carbocycles. The first-order valence-corrected chi connectivity index (χ1v) is 8.05. The van der Waals surface area contributed by atoms with Gasteiger partial charge in [-0.2, -0.15) is 0 Å². The van der Waals surface area contributed by atoms with Crippen LogP contribution in [-0.2, 0) is 16.4 Å². The van der Waals surface area contributed by atoms with Crippen molar-refractivity contribution in [2.24, 2.45) is 0 Å². The second-order valence-electron chi connectivity index (χ2n) is 4.34. The molecule has 1 heterocycles. The summed E-state index contributed by atoms with van der Waals surface area (Å²) in [6, 6.07) is 5.98. The predicted molar refractivity (Wildman–Crippen MR) is 76.2 cm³/mol. The van der Waals surface area contributed by atoms with Crippen molar-refractivity contribution in [2.45, 2.75) is 20.4 Å². The van der Waals surface area contributed by atoms with Crippen molar-refractivity contribution in [1.82, 2.24) is 9.55 Å². The van der Waals surface area contributed by atoms with Gasteiger partial charge < -0.3 is 9.55 Å². The fraction of sp³-hybridized carbons (Fsp3) is 0.417. The molecule has 6 heteroatoms. The standard InChI is InChI=1S/C12H16N2O2S2/c1-3-18(15,16)7-6-14-11-8-9(2)4-5-10(11)13-12(14)17/h4-5,8H,3,6-7H2,1-2H3,(H,13,17). The van der Waals surface area contributed by atoms with E-state index in [0.29, 0.717) is 11.3 Å². The van der Waals surface area contributed by atoms with Crippen molar-refractivity contribution in [3.63, 3.8) is 0 Å². The van der Waals surface area contributed by atoms with Gasteiger partial charge in [0.05, 0.1) is 16.8 Å². The van der Waals surface area contributed by atoms with E-state index in [1.54, 1.807) is 6.92 Å². The molecule has 0 bridgehead atoms. The molecule has 0 amide bonds. The molecule has 0 fully saturated rings. The lowest BCUT2D eigenvalue weighted by Crippen LogP contribution is -2.14. The molecule has 0 aliphatic heterocycles. The van der Waals surface area contributed by atoms with E-state index < -0.39 is 9.84 Å². The summed E-state index contributed by atoms with van der Waals surface area (Å²) in [5, 5.41) is 0. The summed E-state index contributed by atoms with van der Waals surface area (Å²) in [4.78, 5) is 3.09. The molecule has 1 aromatic heterocycles. The fourth-order valence-corrected chi connectivity index (χ4v) is 2.91. The summed E-state index contributed by atoms with van der Waals surface area (Å²) in [5.41, 5.74) is 3.04. The lowest BCUT2D eigenvalue weighted by molar-refractivity contribution is 0.590. The zero-order chi connectivity index (χ0) is 13.3. The van der Waals surface area contributed by atoms with Gasteiger partial charge in [0.1, 0.15) is 0 Å². The third-order valence-corrected chi connectivity index (χ3v) is 5.00. The minimum Gasteiger partial charge on any atom is -0.331 e. The van der Waals surface area contributed by atoms with Crippen LogP contribution in [0.1, 0.15) is 12.5 Å². The van der Waals surface area contributed by atoms with Crippen LogP contribution in [0.3, 0.4) is 0 Å². The molecule has 0 radical (unpaired) electrons. The maximum Gasteiger partial charge on any atom is 0.178 e. The molecule has 0 aliphatic rings. The Balaban J connectivity index is 2.42. The molecule has 0 saturated heterocycles. The van der Waals surface area contributed by atoms with Crippen molar-refractivity contribution >= 4 is 33.1 Å². The Hall–Kier alpha value is -1.14. The Kier molecular flexibility index (Phi) is 3.59. The quantitative estimate of drug-likeness (QED) is 0.877. The summed E-state index contributed by atoms with van der Waals surface area (Å²) in [5.74, 6) is 0.292. The normalized spacial score (nSPS) is 12.1. The number of benzene rings is 1. The first-order valence-electron chi connectivity index (χ1n) is 5.82. The average molecular weight is 284 g/mol. The van der Waals surface area contributed by atoms with E-state index in [2.05, 4.69) is 4.98 Å². The molecule has 0 unspecified atom stereocenters. The number of aryl methyl sites for hydroxylation is 2. The van der Waals surface area contributed by atoms with Gasteiger partial charge in [0.15, 0.2) is 14.6 Å². The van der Waals surface area contributed by atoms with Crippen LogP contribution in [-0.4, -0.2) is 29.5 Å². The highest BCUT2D eigenvalue weighted by molar-refractivity contribution is 7.91. The fourth-order valence-electron chi connectivity index (χ4n) is 1.86. The first-order chi connectivity index (χ1) is 8.43. The molecule has 0 saturated carbocycles. The predicted octanol–water partition coefficient (Wildman–Crippen LogP) is 2.44. The number of H-pyrrole nitrogens is 1. The van der Waals surface area contributed by atoms with Crippen molar-refractivity contribution < 1.29 is 8.42 Å². The molecule has 2 rings (SSSR count). The maximum absolute atomic E-state index is 11.6. The van der Waals surface area contributed by atoms with E-state index in [-0.39, 0.29) is 11.5 Å². The molecule has 4 nitrogen and oxygen atoms in total. The second kappa shape index (κ2) is 4.85. The molecule has 98 valence electrons. The van der Waals surface area contributed by atoms with Crippen LogP contribution in [0, 0.1) is 11.7 Å². The summed E-state index contributed by atoms with van der Waals surface area (Å²) in [6.07, 6.45) is 0. The second-order valence-corrected chi connectivity index (χ2v) is 7.20. The number of nitrogens with one attached hydrogen (secondary N) is 1. The summed E-state index contributed by atoms with van der Waals surface area (Å²) in [6.45, 7) is 4.06. The summed E-state index contributed by atoms with van der Waals surface area (Å²) in [7, 11) is -2.97. The molecule has 0 spiro atoms. The molecule has 0 aliphatic carbocycles. The van der Waals surface area contributed by atoms with Gasteiger partial charge in [0.25, 0.3) is 0 Å². The molecule has 18 heavy (non-hydrogen) atoms. The van der Waals surface area contributed by atoms with Crippen molar-refractivity contribution in [3.8, 4) is 0 Å². The minimum atomic E-state index is -2.97. The van der Waals surface area contributed by atoms with Crippen LogP contribution in [0.4, 0.5) is 0 Å². The van der Waals surface area contributed by atoms with Crippen LogP contribution < -0.4 is 0 Å². The van der Waals surface area contributed by atoms with Gasteiger partial charge in [-0.15, -0.1) is 0 Å². The Labute approximate surface area is 112 Å². The van der Waals surface area contributed by atoms with E-state index in [9.17, 15) is 8.42 Å². The molecule has 0 atom stereocenters. The van der Waals surface area contributed by atoms with Crippen LogP contribution in [0.25, 0.3) is 11.0 Å². The van der Waals surface area contributed by atoms with Crippen molar-refractivity contribution in [2.75, 3.05) is 11.5 Å². The molecule has 1 N–H and O–H groups in total. The maximum atomic E-state index is 11.6. The van der Waals surface area contributed by atoms with Gasteiger partial charge in [-0.05, 0) is 36.8 Å². The highest BCUT2D eigenvalue weighted by Gasteiger charge is 2.10. The number of hydrogen-bond donors (Lipinski definition) is 1. The molecular formula is C12H16N2O2S2. The SMILES string of the molecule is CCS(=O)(=O)CCn1c(=S)[nH]c2ccc(C)cc21. The Bertz CT molecular complexity index is 726. The number of sulfone groups is 1. The van der Waals surface area contributed by atoms with E-state index in [1.807, 2.05) is 29.7 Å². The number of hydrogen-bond acceptors (Lipinski definition) is 3. The van der Waals surface area contributed by atoms with Gasteiger partial charge in [-0.3, -0.25) is 0 Å². The van der Waals surface area contributed by atoms with Crippen LogP contribution in [0.5, 0.6) is 0 Å². The van der Waals surface area contributed by atoms with Crippen molar-refractivity contribution in [1.29, 1.82) is 0 Å². The first kappa shape index (κ1) is 13.3. The Morgan fingerprint density at radius 3 is 2.78 bits per heavy atom.